The number of benzene rings is 1. The molecule has 1 nitrogen and oxygen atoms in total. The zero-order valence-electron chi connectivity index (χ0n) is 11.5. The molecule has 1 N–H and O–H groups in total. The number of hydrogen-bond acceptors (Lipinski definition) is 1. The summed E-state index contributed by atoms with van der Waals surface area (Å²) in [6, 6.07) is 9.95. The molecule has 16 heavy (non-hydrogen) atoms. The van der Waals surface area contributed by atoms with Crippen LogP contribution in [0.5, 0.6) is 0 Å². The Labute approximate surface area is 100 Å². The zero-order valence-corrected chi connectivity index (χ0v) is 10.5. The van der Waals surface area contributed by atoms with Crippen molar-refractivity contribution in [3.8, 4) is 0 Å². The van der Waals surface area contributed by atoms with E-state index in [9.17, 15) is 5.11 Å². The van der Waals surface area contributed by atoms with Gasteiger partial charge in [0.2, 0.25) is 0 Å². The predicted molar refractivity (Wildman–Crippen MR) is 69.4 cm³/mol. The van der Waals surface area contributed by atoms with Crippen molar-refractivity contribution in [3.05, 3.63) is 48.0 Å². The molecular formula is C15H22O. The fourth-order valence-electron chi connectivity index (χ4n) is 1.47. The van der Waals surface area contributed by atoms with E-state index in [0.717, 1.165) is 11.1 Å². The van der Waals surface area contributed by atoms with Gasteiger partial charge < -0.3 is 5.11 Å². The molecule has 0 saturated carbocycles. The van der Waals surface area contributed by atoms with Crippen molar-refractivity contribution >= 4 is 0 Å². The Morgan fingerprint density at radius 1 is 1.44 bits per heavy atom. The third-order valence-electron chi connectivity index (χ3n) is 3.28. The van der Waals surface area contributed by atoms with Gasteiger partial charge in [-0.25, -0.2) is 0 Å². The molecule has 0 bridgehead atoms. The van der Waals surface area contributed by atoms with E-state index in [1.165, 1.54) is 0 Å². The summed E-state index contributed by atoms with van der Waals surface area (Å²) >= 11 is 0. The fraction of sp³-hybridized carbons (Fsp3) is 0.467. The SMILES string of the molecule is [2H]C(O)(CCc1ccccc1)C(C)(C)C(=C)C. The van der Waals surface area contributed by atoms with Crippen LogP contribution in [0.25, 0.3) is 0 Å². The van der Waals surface area contributed by atoms with Gasteiger partial charge in [0.25, 0.3) is 0 Å². The number of rotatable bonds is 5. The standard InChI is InChI=1S/C15H22O/c1-12(2)15(3,4)14(16)11-10-13-8-6-5-7-9-13/h5-9,14,16H,1,10-11H2,2-4H3/i14D. The van der Waals surface area contributed by atoms with Crippen molar-refractivity contribution in [1.82, 2.24) is 0 Å². The van der Waals surface area contributed by atoms with E-state index in [2.05, 4.69) is 6.58 Å². The number of aliphatic hydroxyl groups is 1. The van der Waals surface area contributed by atoms with E-state index in [4.69, 9.17) is 1.37 Å². The van der Waals surface area contributed by atoms with Crippen molar-refractivity contribution in [2.75, 3.05) is 0 Å². The molecule has 0 heterocycles. The summed E-state index contributed by atoms with van der Waals surface area (Å²) in [5.41, 5.74) is 1.39. The van der Waals surface area contributed by atoms with E-state index < -0.39 is 11.5 Å². The van der Waals surface area contributed by atoms with E-state index in [0.29, 0.717) is 12.8 Å². The third kappa shape index (κ3) is 3.21. The van der Waals surface area contributed by atoms with Crippen molar-refractivity contribution in [2.24, 2.45) is 5.41 Å². The molecule has 1 rings (SSSR count). The number of aryl methyl sites for hydroxylation is 1. The molecule has 1 heteroatoms. The second kappa shape index (κ2) is 5.31. The van der Waals surface area contributed by atoms with Crippen molar-refractivity contribution < 1.29 is 6.48 Å². The molecule has 0 aliphatic heterocycles. The van der Waals surface area contributed by atoms with Crippen molar-refractivity contribution in [3.63, 3.8) is 0 Å². The van der Waals surface area contributed by atoms with E-state index >= 15 is 0 Å². The Morgan fingerprint density at radius 2 is 2.00 bits per heavy atom. The highest BCUT2D eigenvalue weighted by molar-refractivity contribution is 5.15. The monoisotopic (exact) mass is 219 g/mol. The normalized spacial score (nSPS) is 16.4. The molecule has 0 amide bonds. The summed E-state index contributed by atoms with van der Waals surface area (Å²) in [4.78, 5) is 0. The van der Waals surface area contributed by atoms with Crippen molar-refractivity contribution in [1.29, 1.82) is 0 Å². The highest BCUT2D eigenvalue weighted by Crippen LogP contribution is 2.31. The van der Waals surface area contributed by atoms with Crippen molar-refractivity contribution in [2.45, 2.75) is 39.7 Å². The van der Waals surface area contributed by atoms with Crippen LogP contribution in [-0.2, 0) is 6.42 Å². The Bertz CT molecular complexity index is 379. The van der Waals surface area contributed by atoms with Gasteiger partial charge >= 0.3 is 0 Å². The smallest absolute Gasteiger partial charge is 0.0631 e. The van der Waals surface area contributed by atoms with E-state index in [1.54, 1.807) is 0 Å². The molecule has 0 fully saturated rings. The van der Waals surface area contributed by atoms with Gasteiger partial charge in [0.1, 0.15) is 0 Å². The fourth-order valence-corrected chi connectivity index (χ4v) is 1.47. The number of hydrogen-bond donors (Lipinski definition) is 1. The maximum atomic E-state index is 10.3. The van der Waals surface area contributed by atoms with Crippen LogP contribution in [0.1, 0.15) is 34.1 Å². The zero-order chi connectivity index (χ0) is 13.1. The van der Waals surface area contributed by atoms with Gasteiger partial charge in [0.05, 0.1) is 7.45 Å². The minimum Gasteiger partial charge on any atom is -0.392 e. The van der Waals surface area contributed by atoms with Gasteiger partial charge in [-0.05, 0) is 25.3 Å². The van der Waals surface area contributed by atoms with Gasteiger partial charge in [0, 0.05) is 5.41 Å². The highest BCUT2D eigenvalue weighted by atomic mass is 16.3. The molecule has 0 saturated heterocycles. The largest absolute Gasteiger partial charge is 0.392 e. The second-order valence-electron chi connectivity index (χ2n) is 4.84. The lowest BCUT2D eigenvalue weighted by molar-refractivity contribution is 0.0673. The minimum atomic E-state index is -1.48. The lowest BCUT2D eigenvalue weighted by Crippen LogP contribution is -2.30. The summed E-state index contributed by atoms with van der Waals surface area (Å²) in [6.07, 6.45) is -0.358. The Morgan fingerprint density at radius 3 is 2.50 bits per heavy atom. The molecule has 88 valence electrons. The Hall–Kier alpha value is -1.08. The molecule has 0 spiro atoms. The maximum Gasteiger partial charge on any atom is 0.0631 e. The van der Waals surface area contributed by atoms with Gasteiger partial charge in [-0.1, -0.05) is 56.3 Å². The van der Waals surface area contributed by atoms with E-state index in [-0.39, 0.29) is 0 Å². The molecule has 0 aliphatic carbocycles. The lowest BCUT2D eigenvalue weighted by atomic mass is 9.78. The first kappa shape index (κ1) is 11.4. The van der Waals surface area contributed by atoms with Crippen LogP contribution in [0, 0.1) is 5.41 Å². The molecule has 1 aromatic rings. The summed E-state index contributed by atoms with van der Waals surface area (Å²) in [7, 11) is 0. The lowest BCUT2D eigenvalue weighted by Gasteiger charge is -2.31. The second-order valence-corrected chi connectivity index (χ2v) is 4.84. The molecule has 0 aromatic heterocycles. The van der Waals surface area contributed by atoms with Gasteiger partial charge in [-0.3, -0.25) is 0 Å². The average Bonchev–Trinajstić information content (AvgIpc) is 2.27. The Kier molecular flexibility index (Phi) is 3.79. The van der Waals surface area contributed by atoms with Crippen LogP contribution < -0.4 is 0 Å². The van der Waals surface area contributed by atoms with Crippen LogP contribution in [-0.4, -0.2) is 11.2 Å². The molecule has 1 aromatic carbocycles. The minimum absolute atomic E-state index is 0.414. The molecule has 1 atom stereocenters. The van der Waals surface area contributed by atoms with Crippen LogP contribution in [0.4, 0.5) is 0 Å². The molecule has 0 radical (unpaired) electrons. The first-order chi connectivity index (χ1) is 7.77. The summed E-state index contributed by atoms with van der Waals surface area (Å²) in [5, 5.41) is 10.3. The third-order valence-corrected chi connectivity index (χ3v) is 3.28. The molecular weight excluding hydrogens is 196 g/mol. The van der Waals surface area contributed by atoms with Crippen LogP contribution in [0.3, 0.4) is 0 Å². The molecule has 1 unspecified atom stereocenters. The molecule has 0 aliphatic rings. The van der Waals surface area contributed by atoms with Gasteiger partial charge in [-0.2, -0.15) is 0 Å². The van der Waals surface area contributed by atoms with E-state index in [1.807, 2.05) is 51.1 Å². The summed E-state index contributed by atoms with van der Waals surface area (Å²) in [5.74, 6) is 0. The van der Waals surface area contributed by atoms with Crippen LogP contribution >= 0.6 is 0 Å². The predicted octanol–water partition coefficient (Wildman–Crippen LogP) is 3.58. The highest BCUT2D eigenvalue weighted by Gasteiger charge is 2.27. The average molecular weight is 219 g/mol. The first-order valence-electron chi connectivity index (χ1n) is 6.19. The summed E-state index contributed by atoms with van der Waals surface area (Å²) < 4.78 is 8.10. The van der Waals surface area contributed by atoms with Crippen LogP contribution in [0.2, 0.25) is 0 Å². The van der Waals surface area contributed by atoms with Gasteiger partial charge in [-0.15, -0.1) is 0 Å². The van der Waals surface area contributed by atoms with Gasteiger partial charge in [0.15, 0.2) is 0 Å². The Balaban J connectivity index is 2.71. The van der Waals surface area contributed by atoms with Crippen LogP contribution in [0.15, 0.2) is 42.5 Å². The summed E-state index contributed by atoms with van der Waals surface area (Å²) in [6.45, 7) is 9.47. The quantitative estimate of drug-likeness (QED) is 0.750. The topological polar surface area (TPSA) is 20.2 Å². The first-order valence-corrected chi connectivity index (χ1v) is 5.69. The maximum absolute atomic E-state index is 10.3.